The summed E-state index contributed by atoms with van der Waals surface area (Å²) in [4.78, 5) is 11.8. The third kappa shape index (κ3) is 3.12. The van der Waals surface area contributed by atoms with E-state index >= 15 is 0 Å². The summed E-state index contributed by atoms with van der Waals surface area (Å²) in [5, 5.41) is 2.63. The first-order chi connectivity index (χ1) is 9.77. The summed E-state index contributed by atoms with van der Waals surface area (Å²) in [5.41, 5.74) is 0.703. The van der Waals surface area contributed by atoms with Gasteiger partial charge in [-0.2, -0.15) is 0 Å². The molecule has 0 atom stereocenters. The van der Waals surface area contributed by atoms with Gasteiger partial charge in [0.05, 0.1) is 17.7 Å². The second-order valence-electron chi connectivity index (χ2n) is 6.10. The Bertz CT molecular complexity index is 556. The zero-order valence-corrected chi connectivity index (χ0v) is 12.9. The summed E-state index contributed by atoms with van der Waals surface area (Å²) >= 11 is 0. The van der Waals surface area contributed by atoms with Crippen molar-refractivity contribution in [2.45, 2.75) is 38.9 Å². The third-order valence-electron chi connectivity index (χ3n) is 4.05. The zero-order chi connectivity index (χ0) is 15.7. The lowest BCUT2D eigenvalue weighted by Gasteiger charge is -2.32. The van der Waals surface area contributed by atoms with Gasteiger partial charge in [-0.3, -0.25) is 4.79 Å². The molecule has 1 N–H and O–H groups in total. The molecule has 0 aromatic heterocycles. The van der Waals surface area contributed by atoms with Crippen molar-refractivity contribution in [1.82, 2.24) is 5.32 Å². The Labute approximate surface area is 126 Å². The van der Waals surface area contributed by atoms with Crippen molar-refractivity contribution in [3.8, 4) is 12.3 Å². The lowest BCUT2D eigenvalue weighted by Crippen LogP contribution is -2.41. The van der Waals surface area contributed by atoms with E-state index in [0.29, 0.717) is 5.56 Å². The predicted molar refractivity (Wildman–Crippen MR) is 83.3 cm³/mol. The second kappa shape index (κ2) is 5.55. The van der Waals surface area contributed by atoms with Crippen LogP contribution in [0.1, 0.15) is 38.1 Å². The Kier molecular flexibility index (Phi) is 4.13. The van der Waals surface area contributed by atoms with Crippen LogP contribution in [0.2, 0.25) is 0 Å². The van der Waals surface area contributed by atoms with Crippen molar-refractivity contribution in [3.05, 3.63) is 29.8 Å². The maximum absolute atomic E-state index is 11.8. The van der Waals surface area contributed by atoms with E-state index in [-0.39, 0.29) is 23.7 Å². The zero-order valence-electron chi connectivity index (χ0n) is 12.9. The quantitative estimate of drug-likeness (QED) is 0.673. The minimum Gasteiger partial charge on any atom is -0.399 e. The normalized spacial score (nSPS) is 19.1. The van der Waals surface area contributed by atoms with Crippen LogP contribution in [0.5, 0.6) is 0 Å². The van der Waals surface area contributed by atoms with Gasteiger partial charge in [0.2, 0.25) is 0 Å². The number of benzene rings is 1. The van der Waals surface area contributed by atoms with Gasteiger partial charge in [0, 0.05) is 5.56 Å². The molecule has 0 unspecified atom stereocenters. The molecule has 1 amide bonds. The maximum atomic E-state index is 11.8. The van der Waals surface area contributed by atoms with E-state index in [1.165, 1.54) is 0 Å². The monoisotopic (exact) mass is 285 g/mol. The largest absolute Gasteiger partial charge is 0.494 e. The Morgan fingerprint density at radius 2 is 1.71 bits per heavy atom. The lowest BCUT2D eigenvalue weighted by atomic mass is 9.79. The van der Waals surface area contributed by atoms with Gasteiger partial charge >= 0.3 is 7.12 Å². The van der Waals surface area contributed by atoms with Crippen LogP contribution in [0.15, 0.2) is 24.3 Å². The highest BCUT2D eigenvalue weighted by Crippen LogP contribution is 2.36. The molecule has 0 saturated carbocycles. The van der Waals surface area contributed by atoms with Gasteiger partial charge in [-0.05, 0) is 45.3 Å². The summed E-state index contributed by atoms with van der Waals surface area (Å²) in [6.45, 7) is 8.25. The van der Waals surface area contributed by atoms with Crippen LogP contribution in [-0.4, -0.2) is 30.8 Å². The van der Waals surface area contributed by atoms with Crippen molar-refractivity contribution < 1.29 is 14.1 Å². The molecular formula is C16H20BNO3. The molecular weight excluding hydrogens is 265 g/mol. The highest BCUT2D eigenvalue weighted by molar-refractivity contribution is 6.62. The van der Waals surface area contributed by atoms with Crippen molar-refractivity contribution in [2.24, 2.45) is 0 Å². The van der Waals surface area contributed by atoms with Gasteiger partial charge in [-0.15, -0.1) is 6.42 Å². The number of hydrogen-bond acceptors (Lipinski definition) is 3. The highest BCUT2D eigenvalue weighted by atomic mass is 16.7. The lowest BCUT2D eigenvalue weighted by molar-refractivity contribution is 0.00578. The first-order valence-electron chi connectivity index (χ1n) is 6.94. The minimum atomic E-state index is -0.419. The number of amides is 1. The van der Waals surface area contributed by atoms with E-state index in [1.54, 1.807) is 12.1 Å². The molecule has 21 heavy (non-hydrogen) atoms. The predicted octanol–water partition coefficient (Wildman–Crippen LogP) is 1.35. The van der Waals surface area contributed by atoms with Crippen molar-refractivity contribution >= 4 is 18.5 Å². The third-order valence-corrected chi connectivity index (χ3v) is 4.05. The van der Waals surface area contributed by atoms with Gasteiger partial charge in [0.1, 0.15) is 0 Å². The summed E-state index contributed by atoms with van der Waals surface area (Å²) in [6.07, 6.45) is 5.11. The molecule has 110 valence electrons. The van der Waals surface area contributed by atoms with Gasteiger partial charge in [0.25, 0.3) is 5.91 Å². The Morgan fingerprint density at radius 3 is 2.19 bits per heavy atom. The number of hydrogen-bond donors (Lipinski definition) is 1. The highest BCUT2D eigenvalue weighted by Gasteiger charge is 2.51. The smallest absolute Gasteiger partial charge is 0.399 e. The van der Waals surface area contributed by atoms with Crippen molar-refractivity contribution in [2.75, 3.05) is 6.54 Å². The van der Waals surface area contributed by atoms with E-state index in [2.05, 4.69) is 11.2 Å². The summed E-state index contributed by atoms with van der Waals surface area (Å²) in [7, 11) is -0.419. The first kappa shape index (κ1) is 15.6. The van der Waals surface area contributed by atoms with Gasteiger partial charge in [0.15, 0.2) is 0 Å². The van der Waals surface area contributed by atoms with Gasteiger partial charge in [-0.25, -0.2) is 0 Å². The second-order valence-corrected chi connectivity index (χ2v) is 6.10. The first-order valence-corrected chi connectivity index (χ1v) is 6.94. The molecule has 5 heteroatoms. The van der Waals surface area contributed by atoms with Crippen LogP contribution in [0.25, 0.3) is 0 Å². The molecule has 1 heterocycles. The summed E-state index contributed by atoms with van der Waals surface area (Å²) in [6, 6.07) is 7.16. The molecule has 1 aliphatic rings. The average molecular weight is 285 g/mol. The molecule has 1 saturated heterocycles. The van der Waals surface area contributed by atoms with E-state index < -0.39 is 7.12 Å². The van der Waals surface area contributed by atoms with E-state index in [9.17, 15) is 4.79 Å². The summed E-state index contributed by atoms with van der Waals surface area (Å²) < 4.78 is 11.9. The Morgan fingerprint density at radius 1 is 1.19 bits per heavy atom. The number of carbonyl (C=O) groups is 1. The van der Waals surface area contributed by atoms with Crippen molar-refractivity contribution in [1.29, 1.82) is 0 Å². The van der Waals surface area contributed by atoms with Crippen LogP contribution >= 0.6 is 0 Å². The molecule has 1 fully saturated rings. The van der Waals surface area contributed by atoms with Crippen LogP contribution in [0.4, 0.5) is 0 Å². The number of rotatable bonds is 3. The molecule has 1 aromatic carbocycles. The molecule has 1 aliphatic heterocycles. The Balaban J connectivity index is 2.11. The van der Waals surface area contributed by atoms with E-state index in [4.69, 9.17) is 15.7 Å². The molecule has 0 aliphatic carbocycles. The van der Waals surface area contributed by atoms with Crippen LogP contribution < -0.4 is 10.8 Å². The topological polar surface area (TPSA) is 47.6 Å². The van der Waals surface area contributed by atoms with Gasteiger partial charge < -0.3 is 14.6 Å². The number of carbonyl (C=O) groups excluding carboxylic acids is 1. The average Bonchev–Trinajstić information content (AvgIpc) is 2.65. The Hall–Kier alpha value is -1.77. The standard InChI is InChI=1S/C16H20BNO3/c1-6-11-18-14(19)12-7-9-13(10-8-12)17-20-15(2,3)16(4,5)21-17/h1,7-10H,11H2,2-5H3,(H,18,19). The van der Waals surface area contributed by atoms with Gasteiger partial charge in [-0.1, -0.05) is 18.1 Å². The van der Waals surface area contributed by atoms with Crippen LogP contribution in [-0.2, 0) is 9.31 Å². The molecule has 0 spiro atoms. The fourth-order valence-electron chi connectivity index (χ4n) is 2.00. The number of nitrogens with one attached hydrogen (secondary N) is 1. The van der Waals surface area contributed by atoms with Crippen LogP contribution in [0.3, 0.4) is 0 Å². The maximum Gasteiger partial charge on any atom is 0.494 e. The molecule has 4 nitrogen and oxygen atoms in total. The molecule has 0 radical (unpaired) electrons. The SMILES string of the molecule is C#CCNC(=O)c1ccc(B2OC(C)(C)C(C)(C)O2)cc1. The minimum absolute atomic E-state index is 0.187. The van der Waals surface area contributed by atoms with E-state index in [1.807, 2.05) is 39.8 Å². The van der Waals surface area contributed by atoms with E-state index in [0.717, 1.165) is 5.46 Å². The fraction of sp³-hybridized carbons (Fsp3) is 0.438. The fourth-order valence-corrected chi connectivity index (χ4v) is 2.00. The molecule has 2 rings (SSSR count). The van der Waals surface area contributed by atoms with Crippen molar-refractivity contribution in [3.63, 3.8) is 0 Å². The molecule has 0 bridgehead atoms. The van der Waals surface area contributed by atoms with Crippen LogP contribution in [0, 0.1) is 12.3 Å². The summed E-state index contributed by atoms with van der Waals surface area (Å²) in [5.74, 6) is 2.18. The number of terminal acetylenes is 1. The molecule has 1 aromatic rings.